The number of nitrogens with one attached hydrogen (secondary N) is 1. The van der Waals surface area contributed by atoms with Crippen molar-refractivity contribution < 1.29 is 19.4 Å². The van der Waals surface area contributed by atoms with Crippen molar-refractivity contribution in [1.82, 2.24) is 10.2 Å². The van der Waals surface area contributed by atoms with E-state index in [4.69, 9.17) is 4.74 Å². The Kier molecular flexibility index (Phi) is 5.25. The van der Waals surface area contributed by atoms with Gasteiger partial charge in [-0.2, -0.15) is 0 Å². The van der Waals surface area contributed by atoms with Gasteiger partial charge < -0.3 is 20.1 Å². The maximum absolute atomic E-state index is 12.4. The van der Waals surface area contributed by atoms with Gasteiger partial charge in [0.25, 0.3) is 0 Å². The zero-order valence-corrected chi connectivity index (χ0v) is 13.9. The second-order valence-electron chi connectivity index (χ2n) is 7.45. The molecule has 1 heterocycles. The maximum Gasteiger partial charge on any atom is 0.326 e. The van der Waals surface area contributed by atoms with Gasteiger partial charge in [0.1, 0.15) is 6.04 Å². The van der Waals surface area contributed by atoms with Crippen LogP contribution in [0.15, 0.2) is 0 Å². The Morgan fingerprint density at radius 3 is 2.05 bits per heavy atom. The lowest BCUT2D eigenvalue weighted by molar-refractivity contribution is -0.170. The zero-order chi connectivity index (χ0) is 16.4. The first-order valence-electron chi connectivity index (χ1n) is 7.40. The number of amides is 2. The summed E-state index contributed by atoms with van der Waals surface area (Å²) < 4.78 is 5.92. The number of hydrogen-bond acceptors (Lipinski definition) is 3. The molecule has 0 saturated carbocycles. The number of carbonyl (C=O) groups excluding carboxylic acids is 1. The third-order valence-corrected chi connectivity index (χ3v) is 3.29. The molecular formula is C15H28N2O4. The van der Waals surface area contributed by atoms with Crippen LogP contribution in [-0.2, 0) is 9.53 Å². The summed E-state index contributed by atoms with van der Waals surface area (Å²) in [5.41, 5.74) is -0.897. The summed E-state index contributed by atoms with van der Waals surface area (Å²) in [6.45, 7) is 12.5. The Hall–Kier alpha value is -1.30. The molecule has 122 valence electrons. The highest BCUT2D eigenvalue weighted by Gasteiger charge is 2.40. The van der Waals surface area contributed by atoms with Crippen LogP contribution in [0, 0.1) is 5.92 Å². The van der Waals surface area contributed by atoms with Gasteiger partial charge in [-0.1, -0.05) is 13.8 Å². The molecule has 1 atom stereocenters. The number of urea groups is 1. The third-order valence-electron chi connectivity index (χ3n) is 3.29. The molecule has 1 unspecified atom stereocenters. The number of carboxylic acids is 1. The predicted molar refractivity (Wildman–Crippen MR) is 80.2 cm³/mol. The van der Waals surface area contributed by atoms with Crippen LogP contribution in [-0.4, -0.2) is 52.3 Å². The van der Waals surface area contributed by atoms with Crippen molar-refractivity contribution in [2.24, 2.45) is 5.92 Å². The van der Waals surface area contributed by atoms with Crippen molar-refractivity contribution in [2.75, 3.05) is 13.1 Å². The van der Waals surface area contributed by atoms with Crippen LogP contribution in [0.4, 0.5) is 4.79 Å². The van der Waals surface area contributed by atoms with Crippen LogP contribution in [0.1, 0.15) is 48.0 Å². The van der Waals surface area contributed by atoms with Gasteiger partial charge in [-0.25, -0.2) is 9.59 Å². The van der Waals surface area contributed by atoms with Gasteiger partial charge in [-0.15, -0.1) is 0 Å². The third kappa shape index (κ3) is 5.53. The van der Waals surface area contributed by atoms with E-state index < -0.39 is 23.2 Å². The molecular weight excluding hydrogens is 272 g/mol. The summed E-state index contributed by atoms with van der Waals surface area (Å²) in [6.07, 6.45) is 0.415. The number of ether oxygens (including phenoxy) is 1. The van der Waals surface area contributed by atoms with Crippen LogP contribution < -0.4 is 5.32 Å². The van der Waals surface area contributed by atoms with Crippen LogP contribution in [0.2, 0.25) is 0 Å². The Morgan fingerprint density at radius 1 is 1.19 bits per heavy atom. The average Bonchev–Trinajstić information content (AvgIpc) is 2.22. The van der Waals surface area contributed by atoms with Crippen molar-refractivity contribution in [3.63, 3.8) is 0 Å². The highest BCUT2D eigenvalue weighted by atomic mass is 16.5. The molecule has 0 aromatic carbocycles. The molecule has 0 radical (unpaired) electrons. The summed E-state index contributed by atoms with van der Waals surface area (Å²) in [5.74, 6) is -0.798. The van der Waals surface area contributed by atoms with E-state index in [0.717, 1.165) is 0 Å². The number of carbonyl (C=O) groups is 2. The molecule has 6 heteroatoms. The van der Waals surface area contributed by atoms with E-state index in [1.165, 1.54) is 0 Å². The molecule has 1 saturated heterocycles. The fourth-order valence-electron chi connectivity index (χ4n) is 2.86. The molecule has 21 heavy (non-hydrogen) atoms. The molecule has 1 aliphatic heterocycles. The molecule has 1 rings (SSSR count). The molecule has 0 aromatic heterocycles. The minimum Gasteiger partial charge on any atom is -0.480 e. The van der Waals surface area contributed by atoms with E-state index in [-0.39, 0.29) is 11.9 Å². The van der Waals surface area contributed by atoms with Gasteiger partial charge >= 0.3 is 12.0 Å². The lowest BCUT2D eigenvalue weighted by Crippen LogP contribution is -2.61. The number of hydrogen-bond donors (Lipinski definition) is 2. The van der Waals surface area contributed by atoms with E-state index in [1.54, 1.807) is 4.90 Å². The molecule has 1 fully saturated rings. The van der Waals surface area contributed by atoms with Crippen LogP contribution in [0.25, 0.3) is 0 Å². The van der Waals surface area contributed by atoms with Crippen molar-refractivity contribution in [1.29, 1.82) is 0 Å². The summed E-state index contributed by atoms with van der Waals surface area (Å²) in [4.78, 5) is 25.3. The van der Waals surface area contributed by atoms with Gasteiger partial charge in [0.2, 0.25) is 0 Å². The Labute approximate surface area is 126 Å². The fourth-order valence-corrected chi connectivity index (χ4v) is 2.86. The topological polar surface area (TPSA) is 78.9 Å². The second-order valence-corrected chi connectivity index (χ2v) is 7.45. The van der Waals surface area contributed by atoms with E-state index in [2.05, 4.69) is 5.32 Å². The van der Waals surface area contributed by atoms with Gasteiger partial charge in [-0.05, 0) is 40.0 Å². The summed E-state index contributed by atoms with van der Waals surface area (Å²) in [5, 5.41) is 11.8. The normalized spacial score (nSPS) is 22.0. The fraction of sp³-hybridized carbons (Fsp3) is 0.867. The average molecular weight is 300 g/mol. The highest BCUT2D eigenvalue weighted by Crippen LogP contribution is 2.28. The van der Waals surface area contributed by atoms with E-state index in [1.807, 2.05) is 41.5 Å². The lowest BCUT2D eigenvalue weighted by Gasteiger charge is -2.47. The minimum atomic E-state index is -0.996. The summed E-state index contributed by atoms with van der Waals surface area (Å²) in [6, 6.07) is -1.20. The van der Waals surface area contributed by atoms with Crippen LogP contribution >= 0.6 is 0 Å². The largest absolute Gasteiger partial charge is 0.480 e. The van der Waals surface area contributed by atoms with Crippen LogP contribution in [0.3, 0.4) is 0 Å². The monoisotopic (exact) mass is 300 g/mol. The molecule has 0 aromatic rings. The van der Waals surface area contributed by atoms with Crippen molar-refractivity contribution >= 4 is 12.0 Å². The van der Waals surface area contributed by atoms with E-state index >= 15 is 0 Å². The Balaban J connectivity index is 2.75. The number of rotatable bonds is 4. The number of aliphatic carboxylic acids is 1. The maximum atomic E-state index is 12.4. The first kappa shape index (κ1) is 17.8. The zero-order valence-electron chi connectivity index (χ0n) is 13.9. The molecule has 0 bridgehead atoms. The lowest BCUT2D eigenvalue weighted by atomic mass is 9.99. The van der Waals surface area contributed by atoms with Gasteiger partial charge in [0, 0.05) is 0 Å². The molecule has 2 N–H and O–H groups in total. The molecule has 6 nitrogen and oxygen atoms in total. The van der Waals surface area contributed by atoms with Crippen LogP contribution in [0.5, 0.6) is 0 Å². The number of carboxylic acid groups (broad SMARTS) is 1. The Bertz CT molecular complexity index is 388. The number of morpholine rings is 1. The highest BCUT2D eigenvalue weighted by molar-refractivity contribution is 5.82. The van der Waals surface area contributed by atoms with Crippen molar-refractivity contribution in [3.8, 4) is 0 Å². The molecule has 0 spiro atoms. The summed E-state index contributed by atoms with van der Waals surface area (Å²) in [7, 11) is 0. The predicted octanol–water partition coefficient (Wildman–Crippen LogP) is 2.08. The first-order valence-corrected chi connectivity index (χ1v) is 7.40. The van der Waals surface area contributed by atoms with E-state index in [9.17, 15) is 14.7 Å². The number of nitrogens with zero attached hydrogens (tertiary/aromatic N) is 1. The van der Waals surface area contributed by atoms with E-state index in [0.29, 0.717) is 19.5 Å². The molecule has 2 amide bonds. The van der Waals surface area contributed by atoms with Crippen molar-refractivity contribution in [2.45, 2.75) is 65.2 Å². The SMILES string of the molecule is CC(C)CC(NC(=O)N1CC(C)(C)OC(C)(C)C1)C(=O)O. The molecule has 0 aliphatic carbocycles. The second kappa shape index (κ2) is 6.22. The quantitative estimate of drug-likeness (QED) is 0.833. The summed E-state index contributed by atoms with van der Waals surface area (Å²) >= 11 is 0. The molecule has 1 aliphatic rings. The smallest absolute Gasteiger partial charge is 0.326 e. The minimum absolute atomic E-state index is 0.198. The first-order chi connectivity index (χ1) is 9.42. The van der Waals surface area contributed by atoms with Gasteiger partial charge in [0.05, 0.1) is 24.3 Å². The van der Waals surface area contributed by atoms with Gasteiger partial charge in [0.15, 0.2) is 0 Å². The van der Waals surface area contributed by atoms with Crippen molar-refractivity contribution in [3.05, 3.63) is 0 Å². The Morgan fingerprint density at radius 2 is 1.67 bits per heavy atom. The van der Waals surface area contributed by atoms with Gasteiger partial charge in [-0.3, -0.25) is 0 Å². The standard InChI is InChI=1S/C15H28N2O4/c1-10(2)7-11(12(18)19)16-13(20)17-8-14(3,4)21-15(5,6)9-17/h10-11H,7-9H2,1-6H3,(H,16,20)(H,18,19).